The number of piperazine rings is 1. The van der Waals surface area contributed by atoms with Gasteiger partial charge in [-0.1, -0.05) is 31.0 Å². The SMILES string of the molecule is Cc1ccccc1N1CCN(C(=O)CC2CCCC2)CC1=O. The van der Waals surface area contributed by atoms with E-state index in [2.05, 4.69) is 0 Å². The quantitative estimate of drug-likeness (QED) is 0.861. The van der Waals surface area contributed by atoms with E-state index in [1.54, 1.807) is 4.90 Å². The standard InChI is InChI=1S/C18H24N2O2/c1-14-6-2-5-9-16(14)20-11-10-19(13-18(20)22)17(21)12-15-7-3-4-8-15/h2,5-6,9,15H,3-4,7-8,10-13H2,1H3. The molecule has 4 nitrogen and oxygen atoms in total. The Hall–Kier alpha value is -1.84. The number of carbonyl (C=O) groups excluding carboxylic acids is 2. The van der Waals surface area contributed by atoms with Crippen LogP contribution in [0, 0.1) is 12.8 Å². The second kappa shape index (κ2) is 6.51. The molecule has 1 aliphatic carbocycles. The number of anilines is 1. The molecule has 1 aromatic carbocycles. The highest BCUT2D eigenvalue weighted by Crippen LogP contribution is 2.28. The van der Waals surface area contributed by atoms with Gasteiger partial charge in [0.1, 0.15) is 6.54 Å². The average molecular weight is 300 g/mol. The molecular formula is C18H24N2O2. The maximum Gasteiger partial charge on any atom is 0.246 e. The van der Waals surface area contributed by atoms with Crippen molar-refractivity contribution >= 4 is 17.5 Å². The Morgan fingerprint density at radius 3 is 2.59 bits per heavy atom. The van der Waals surface area contributed by atoms with E-state index in [1.807, 2.05) is 36.1 Å². The minimum absolute atomic E-state index is 0.0281. The van der Waals surface area contributed by atoms with Crippen molar-refractivity contribution in [3.8, 4) is 0 Å². The summed E-state index contributed by atoms with van der Waals surface area (Å²) in [6.07, 6.45) is 5.46. The monoisotopic (exact) mass is 300 g/mol. The minimum atomic E-state index is 0.0281. The molecule has 118 valence electrons. The molecule has 0 radical (unpaired) electrons. The fraction of sp³-hybridized carbons (Fsp3) is 0.556. The molecule has 2 amide bonds. The van der Waals surface area contributed by atoms with Crippen molar-refractivity contribution in [3.05, 3.63) is 29.8 Å². The van der Waals surface area contributed by atoms with Crippen molar-refractivity contribution in [2.24, 2.45) is 5.92 Å². The van der Waals surface area contributed by atoms with Crippen molar-refractivity contribution in [2.45, 2.75) is 39.0 Å². The van der Waals surface area contributed by atoms with Crippen LogP contribution >= 0.6 is 0 Å². The van der Waals surface area contributed by atoms with Crippen LogP contribution in [-0.2, 0) is 9.59 Å². The van der Waals surface area contributed by atoms with E-state index in [0.717, 1.165) is 11.3 Å². The lowest BCUT2D eigenvalue weighted by molar-refractivity contribution is -0.137. The van der Waals surface area contributed by atoms with E-state index in [9.17, 15) is 9.59 Å². The predicted octanol–water partition coefficient (Wildman–Crippen LogP) is 2.75. The number of carbonyl (C=O) groups is 2. The van der Waals surface area contributed by atoms with Crippen LogP contribution in [0.3, 0.4) is 0 Å². The van der Waals surface area contributed by atoms with Crippen LogP contribution in [-0.4, -0.2) is 36.3 Å². The molecule has 1 aromatic rings. The van der Waals surface area contributed by atoms with Crippen LogP contribution in [0.15, 0.2) is 24.3 Å². The van der Waals surface area contributed by atoms with Gasteiger partial charge in [0.15, 0.2) is 0 Å². The predicted molar refractivity (Wildman–Crippen MR) is 86.7 cm³/mol. The molecule has 1 heterocycles. The summed E-state index contributed by atoms with van der Waals surface area (Å²) >= 11 is 0. The number of aryl methyl sites for hydroxylation is 1. The summed E-state index contributed by atoms with van der Waals surface area (Å²) in [7, 11) is 0. The highest BCUT2D eigenvalue weighted by molar-refractivity contribution is 5.98. The number of rotatable bonds is 3. The van der Waals surface area contributed by atoms with Crippen molar-refractivity contribution in [2.75, 3.05) is 24.5 Å². The van der Waals surface area contributed by atoms with E-state index in [0.29, 0.717) is 25.4 Å². The molecule has 0 bridgehead atoms. The third-order valence-corrected chi connectivity index (χ3v) is 4.92. The van der Waals surface area contributed by atoms with Crippen LogP contribution in [0.25, 0.3) is 0 Å². The van der Waals surface area contributed by atoms with Crippen molar-refractivity contribution in [1.29, 1.82) is 0 Å². The van der Waals surface area contributed by atoms with E-state index in [-0.39, 0.29) is 18.4 Å². The van der Waals surface area contributed by atoms with E-state index in [4.69, 9.17) is 0 Å². The van der Waals surface area contributed by atoms with Gasteiger partial charge in [0.2, 0.25) is 11.8 Å². The third-order valence-electron chi connectivity index (χ3n) is 4.92. The average Bonchev–Trinajstić information content (AvgIpc) is 3.01. The van der Waals surface area contributed by atoms with Crippen LogP contribution in [0.2, 0.25) is 0 Å². The van der Waals surface area contributed by atoms with Gasteiger partial charge in [-0.05, 0) is 37.3 Å². The van der Waals surface area contributed by atoms with Crippen molar-refractivity contribution in [1.82, 2.24) is 4.90 Å². The minimum Gasteiger partial charge on any atom is -0.332 e. The van der Waals surface area contributed by atoms with E-state index < -0.39 is 0 Å². The van der Waals surface area contributed by atoms with E-state index in [1.165, 1.54) is 25.7 Å². The molecule has 1 aliphatic heterocycles. The Labute approximate surface area is 132 Å². The van der Waals surface area contributed by atoms with Crippen LogP contribution < -0.4 is 4.90 Å². The van der Waals surface area contributed by atoms with Crippen molar-refractivity contribution in [3.63, 3.8) is 0 Å². The number of nitrogens with zero attached hydrogens (tertiary/aromatic N) is 2. The zero-order valence-corrected chi connectivity index (χ0v) is 13.3. The maximum absolute atomic E-state index is 12.4. The second-order valence-corrected chi connectivity index (χ2v) is 6.50. The lowest BCUT2D eigenvalue weighted by atomic mass is 10.0. The molecule has 0 aromatic heterocycles. The Balaban J connectivity index is 1.61. The van der Waals surface area contributed by atoms with E-state index >= 15 is 0 Å². The molecule has 2 aliphatic rings. The first-order valence-electron chi connectivity index (χ1n) is 8.29. The van der Waals surface area contributed by atoms with Gasteiger partial charge in [-0.3, -0.25) is 9.59 Å². The first-order chi connectivity index (χ1) is 10.6. The number of hydrogen-bond donors (Lipinski definition) is 0. The van der Waals surface area contributed by atoms with Crippen LogP contribution in [0.1, 0.15) is 37.7 Å². The first-order valence-corrected chi connectivity index (χ1v) is 8.29. The highest BCUT2D eigenvalue weighted by atomic mass is 16.2. The van der Waals surface area contributed by atoms with Crippen LogP contribution in [0.5, 0.6) is 0 Å². The number of para-hydroxylation sites is 1. The zero-order valence-electron chi connectivity index (χ0n) is 13.3. The van der Waals surface area contributed by atoms with Gasteiger partial charge in [0, 0.05) is 25.2 Å². The molecule has 1 saturated carbocycles. The van der Waals surface area contributed by atoms with Gasteiger partial charge in [-0.25, -0.2) is 0 Å². The Bertz CT molecular complexity index is 564. The van der Waals surface area contributed by atoms with Gasteiger partial charge in [0.05, 0.1) is 0 Å². The Morgan fingerprint density at radius 1 is 1.18 bits per heavy atom. The van der Waals surface area contributed by atoms with Gasteiger partial charge in [-0.2, -0.15) is 0 Å². The second-order valence-electron chi connectivity index (χ2n) is 6.50. The molecule has 0 atom stereocenters. The van der Waals surface area contributed by atoms with Crippen molar-refractivity contribution < 1.29 is 9.59 Å². The molecule has 0 spiro atoms. The summed E-state index contributed by atoms with van der Waals surface area (Å²) in [5, 5.41) is 0. The zero-order chi connectivity index (χ0) is 15.5. The Morgan fingerprint density at radius 2 is 1.91 bits per heavy atom. The summed E-state index contributed by atoms with van der Waals surface area (Å²) in [4.78, 5) is 28.4. The summed E-state index contributed by atoms with van der Waals surface area (Å²) in [5.74, 6) is 0.724. The van der Waals surface area contributed by atoms with Gasteiger partial charge in [-0.15, -0.1) is 0 Å². The molecule has 22 heavy (non-hydrogen) atoms. The van der Waals surface area contributed by atoms with Gasteiger partial charge < -0.3 is 9.80 Å². The topological polar surface area (TPSA) is 40.6 Å². The summed E-state index contributed by atoms with van der Waals surface area (Å²) < 4.78 is 0. The lowest BCUT2D eigenvalue weighted by Crippen LogP contribution is -2.52. The third kappa shape index (κ3) is 3.16. The molecule has 2 fully saturated rings. The highest BCUT2D eigenvalue weighted by Gasteiger charge is 2.30. The largest absolute Gasteiger partial charge is 0.332 e. The maximum atomic E-state index is 12.4. The molecule has 0 unspecified atom stereocenters. The molecule has 3 rings (SSSR count). The first kappa shape index (κ1) is 15.1. The fourth-order valence-corrected chi connectivity index (χ4v) is 3.60. The lowest BCUT2D eigenvalue weighted by Gasteiger charge is -2.35. The number of benzene rings is 1. The normalized spacial score (nSPS) is 19.8. The van der Waals surface area contributed by atoms with Crippen LogP contribution in [0.4, 0.5) is 5.69 Å². The summed E-state index contributed by atoms with van der Waals surface area (Å²) in [5.41, 5.74) is 2.07. The molecule has 0 N–H and O–H groups in total. The molecule has 1 saturated heterocycles. The fourth-order valence-electron chi connectivity index (χ4n) is 3.60. The van der Waals surface area contributed by atoms with Gasteiger partial charge in [0.25, 0.3) is 0 Å². The summed E-state index contributed by atoms with van der Waals surface area (Å²) in [6, 6.07) is 7.92. The smallest absolute Gasteiger partial charge is 0.246 e. The Kier molecular flexibility index (Phi) is 4.46. The number of amides is 2. The number of hydrogen-bond acceptors (Lipinski definition) is 2. The summed E-state index contributed by atoms with van der Waals surface area (Å²) in [6.45, 7) is 3.48. The molecule has 4 heteroatoms. The molecular weight excluding hydrogens is 276 g/mol. The van der Waals surface area contributed by atoms with Gasteiger partial charge >= 0.3 is 0 Å².